The molecular formula is C6H9F3N2OS. The molecule has 1 aliphatic rings. The maximum absolute atomic E-state index is 11.7. The van der Waals surface area contributed by atoms with Gasteiger partial charge >= 0.3 is 6.18 Å². The lowest BCUT2D eigenvalue weighted by Gasteiger charge is -2.11. The molecule has 1 amide bonds. The number of thioether (sulfide) groups is 1. The molecule has 1 atom stereocenters. The molecule has 76 valence electrons. The molecule has 1 aliphatic heterocycles. The number of halogens is 3. The molecule has 3 nitrogen and oxygen atoms in total. The van der Waals surface area contributed by atoms with Crippen LogP contribution in [0, 0.1) is 0 Å². The average Bonchev–Trinajstić information content (AvgIpc) is 2.50. The number of hydrogen-bond donors (Lipinski definition) is 2. The van der Waals surface area contributed by atoms with Gasteiger partial charge in [-0.1, -0.05) is 0 Å². The molecular weight excluding hydrogens is 205 g/mol. The van der Waals surface area contributed by atoms with Gasteiger partial charge in [0, 0.05) is 11.6 Å². The van der Waals surface area contributed by atoms with Gasteiger partial charge in [0.05, 0.1) is 6.04 Å². The Balaban J connectivity index is 2.25. The van der Waals surface area contributed by atoms with E-state index in [4.69, 9.17) is 0 Å². The quantitative estimate of drug-likeness (QED) is 0.696. The van der Waals surface area contributed by atoms with E-state index in [1.165, 1.54) is 11.8 Å². The van der Waals surface area contributed by atoms with Crippen molar-refractivity contribution in [2.45, 2.75) is 12.2 Å². The standard InChI is InChI=1S/C6H9F3N2OS/c7-6(8,9)2-10-5(12)4-1-13-3-11-4/h4,11H,1-3H2,(H,10,12)/t4-/m0/s1. The van der Waals surface area contributed by atoms with Crippen molar-refractivity contribution in [3.05, 3.63) is 0 Å². The molecule has 1 heterocycles. The Labute approximate surface area is 77.4 Å². The summed E-state index contributed by atoms with van der Waals surface area (Å²) >= 11 is 1.49. The fourth-order valence-corrected chi connectivity index (χ4v) is 1.82. The predicted molar refractivity (Wildman–Crippen MR) is 43.3 cm³/mol. The van der Waals surface area contributed by atoms with Gasteiger partial charge in [-0.15, -0.1) is 11.8 Å². The molecule has 0 radical (unpaired) electrons. The largest absolute Gasteiger partial charge is 0.405 e. The summed E-state index contributed by atoms with van der Waals surface area (Å²) in [4.78, 5) is 11.0. The van der Waals surface area contributed by atoms with E-state index in [0.717, 1.165) is 0 Å². The van der Waals surface area contributed by atoms with E-state index in [1.807, 2.05) is 5.32 Å². The minimum atomic E-state index is -4.33. The van der Waals surface area contributed by atoms with E-state index >= 15 is 0 Å². The van der Waals surface area contributed by atoms with Crippen molar-refractivity contribution < 1.29 is 18.0 Å². The molecule has 1 fully saturated rings. The molecule has 0 aromatic carbocycles. The second-order valence-electron chi connectivity index (χ2n) is 2.60. The number of nitrogens with one attached hydrogen (secondary N) is 2. The average molecular weight is 214 g/mol. The van der Waals surface area contributed by atoms with Crippen LogP contribution in [0.25, 0.3) is 0 Å². The number of alkyl halides is 3. The van der Waals surface area contributed by atoms with Crippen molar-refractivity contribution in [3.8, 4) is 0 Å². The van der Waals surface area contributed by atoms with Gasteiger partial charge < -0.3 is 5.32 Å². The second kappa shape index (κ2) is 4.19. The van der Waals surface area contributed by atoms with Crippen molar-refractivity contribution in [2.75, 3.05) is 18.2 Å². The predicted octanol–water partition coefficient (Wildman–Crippen LogP) is 0.327. The van der Waals surface area contributed by atoms with E-state index in [-0.39, 0.29) is 0 Å². The van der Waals surface area contributed by atoms with Gasteiger partial charge in [-0.05, 0) is 0 Å². The summed E-state index contributed by atoms with van der Waals surface area (Å²) in [6.45, 7) is -1.26. The Morgan fingerprint density at radius 3 is 2.77 bits per heavy atom. The monoisotopic (exact) mass is 214 g/mol. The smallest absolute Gasteiger partial charge is 0.346 e. The molecule has 0 aromatic heterocycles. The van der Waals surface area contributed by atoms with E-state index in [0.29, 0.717) is 11.6 Å². The SMILES string of the molecule is O=C(NCC(F)(F)F)[C@@H]1CSCN1. The molecule has 13 heavy (non-hydrogen) atoms. The minimum absolute atomic E-state index is 0.479. The maximum Gasteiger partial charge on any atom is 0.405 e. The third-order valence-corrected chi connectivity index (χ3v) is 2.44. The molecule has 0 aliphatic carbocycles. The number of carbonyl (C=O) groups excluding carboxylic acids is 1. The second-order valence-corrected chi connectivity index (χ2v) is 3.64. The molecule has 0 spiro atoms. The van der Waals surface area contributed by atoms with Gasteiger partial charge in [-0.3, -0.25) is 10.1 Å². The molecule has 2 N–H and O–H groups in total. The molecule has 7 heteroatoms. The first-order valence-corrected chi connectivity index (χ1v) is 4.80. The molecule has 0 unspecified atom stereocenters. The normalized spacial score (nSPS) is 23.2. The fraction of sp³-hybridized carbons (Fsp3) is 0.833. The van der Waals surface area contributed by atoms with Crippen molar-refractivity contribution in [1.29, 1.82) is 0 Å². The van der Waals surface area contributed by atoms with Gasteiger partial charge in [0.2, 0.25) is 5.91 Å². The number of amides is 1. The van der Waals surface area contributed by atoms with Crippen molar-refractivity contribution in [3.63, 3.8) is 0 Å². The van der Waals surface area contributed by atoms with Crippen LogP contribution in [0.3, 0.4) is 0 Å². The van der Waals surface area contributed by atoms with Gasteiger partial charge in [0.15, 0.2) is 0 Å². The van der Waals surface area contributed by atoms with Crippen LogP contribution >= 0.6 is 11.8 Å². The number of hydrogen-bond acceptors (Lipinski definition) is 3. The van der Waals surface area contributed by atoms with Crippen LogP contribution in [-0.2, 0) is 4.79 Å². The minimum Gasteiger partial charge on any atom is -0.346 e. The van der Waals surface area contributed by atoms with E-state index in [1.54, 1.807) is 0 Å². The molecule has 0 saturated carbocycles. The number of rotatable bonds is 2. The molecule has 0 aromatic rings. The summed E-state index contributed by atoms with van der Waals surface area (Å²) < 4.78 is 35.0. The highest BCUT2D eigenvalue weighted by Gasteiger charge is 2.30. The Hall–Kier alpha value is -0.430. The van der Waals surface area contributed by atoms with Crippen LogP contribution in [0.1, 0.15) is 0 Å². The Bertz CT molecular complexity index is 191. The lowest BCUT2D eigenvalue weighted by molar-refractivity contribution is -0.139. The maximum atomic E-state index is 11.7. The number of carbonyl (C=O) groups is 1. The highest BCUT2D eigenvalue weighted by Crippen LogP contribution is 2.13. The zero-order chi connectivity index (χ0) is 9.90. The van der Waals surface area contributed by atoms with Crippen LogP contribution in [0.15, 0.2) is 0 Å². The Kier molecular flexibility index (Phi) is 3.43. The van der Waals surface area contributed by atoms with Gasteiger partial charge in [-0.2, -0.15) is 13.2 Å². The van der Waals surface area contributed by atoms with E-state index in [2.05, 4.69) is 5.32 Å². The first-order valence-electron chi connectivity index (χ1n) is 3.64. The zero-order valence-electron chi connectivity index (χ0n) is 6.65. The van der Waals surface area contributed by atoms with E-state index in [9.17, 15) is 18.0 Å². The molecule has 1 saturated heterocycles. The molecule has 0 bridgehead atoms. The summed E-state index contributed by atoms with van der Waals surface area (Å²) in [6, 6.07) is -0.479. The Morgan fingerprint density at radius 1 is 1.62 bits per heavy atom. The summed E-state index contributed by atoms with van der Waals surface area (Å²) in [5, 5.41) is 4.60. The third-order valence-electron chi connectivity index (χ3n) is 1.50. The summed E-state index contributed by atoms with van der Waals surface area (Å²) in [5.41, 5.74) is 0. The highest BCUT2D eigenvalue weighted by atomic mass is 32.2. The van der Waals surface area contributed by atoms with Gasteiger partial charge in [-0.25, -0.2) is 0 Å². The topological polar surface area (TPSA) is 41.1 Å². The van der Waals surface area contributed by atoms with Crippen LogP contribution in [0.5, 0.6) is 0 Å². The van der Waals surface area contributed by atoms with Crippen molar-refractivity contribution in [2.24, 2.45) is 0 Å². The van der Waals surface area contributed by atoms with Crippen LogP contribution < -0.4 is 10.6 Å². The van der Waals surface area contributed by atoms with Gasteiger partial charge in [0.1, 0.15) is 6.54 Å². The lowest BCUT2D eigenvalue weighted by atomic mass is 10.3. The first-order chi connectivity index (χ1) is 5.99. The summed E-state index contributed by atoms with van der Waals surface area (Å²) in [5.74, 6) is 0.565. The molecule has 1 rings (SSSR count). The van der Waals surface area contributed by atoms with Crippen LogP contribution in [-0.4, -0.2) is 36.3 Å². The van der Waals surface area contributed by atoms with Crippen LogP contribution in [0.2, 0.25) is 0 Å². The Morgan fingerprint density at radius 2 is 2.31 bits per heavy atom. The zero-order valence-corrected chi connectivity index (χ0v) is 7.47. The first kappa shape index (κ1) is 10.6. The van der Waals surface area contributed by atoms with Crippen LogP contribution in [0.4, 0.5) is 13.2 Å². The van der Waals surface area contributed by atoms with Crippen molar-refractivity contribution in [1.82, 2.24) is 10.6 Å². The van der Waals surface area contributed by atoms with Crippen molar-refractivity contribution >= 4 is 17.7 Å². The van der Waals surface area contributed by atoms with Gasteiger partial charge in [0.25, 0.3) is 0 Å². The summed E-state index contributed by atoms with van der Waals surface area (Å²) in [6.07, 6.45) is -4.33. The van der Waals surface area contributed by atoms with E-state index < -0.39 is 24.7 Å². The lowest BCUT2D eigenvalue weighted by Crippen LogP contribution is -2.45. The fourth-order valence-electron chi connectivity index (χ4n) is 0.874. The third kappa shape index (κ3) is 3.86. The highest BCUT2D eigenvalue weighted by molar-refractivity contribution is 7.99. The summed E-state index contributed by atoms with van der Waals surface area (Å²) in [7, 11) is 0.